The fraction of sp³-hybridized carbons (Fsp3) is 0.455. The maximum Gasteiger partial charge on any atom is 0.0796 e. The summed E-state index contributed by atoms with van der Waals surface area (Å²) < 4.78 is 0. The van der Waals surface area contributed by atoms with Gasteiger partial charge >= 0.3 is 0 Å². The fourth-order valence-electron chi connectivity index (χ4n) is 2.04. The summed E-state index contributed by atoms with van der Waals surface area (Å²) in [4.78, 5) is 0. The lowest BCUT2D eigenvalue weighted by Gasteiger charge is -2.06. The number of hydrogen-bond acceptors (Lipinski definition) is 1. The van der Waals surface area contributed by atoms with Crippen molar-refractivity contribution in [3.63, 3.8) is 0 Å². The highest BCUT2D eigenvalue weighted by Gasteiger charge is 2.21. The molecule has 0 saturated carbocycles. The van der Waals surface area contributed by atoms with Crippen LogP contribution in [-0.2, 0) is 12.8 Å². The van der Waals surface area contributed by atoms with Crippen LogP contribution in [0.15, 0.2) is 18.2 Å². The number of hydrogen-bond donors (Lipinski definition) is 1. The second-order valence-corrected chi connectivity index (χ2v) is 3.39. The average molecular weight is 162 g/mol. The van der Waals surface area contributed by atoms with Crippen molar-refractivity contribution in [2.45, 2.75) is 32.3 Å². The SMILES string of the molecule is CCc1cccc2c1CC[C@@H]2O. The first-order chi connectivity index (χ1) is 5.83. The van der Waals surface area contributed by atoms with Gasteiger partial charge in [-0.15, -0.1) is 0 Å². The van der Waals surface area contributed by atoms with E-state index in [9.17, 15) is 5.11 Å². The molecule has 1 heteroatoms. The van der Waals surface area contributed by atoms with E-state index in [4.69, 9.17) is 0 Å². The van der Waals surface area contributed by atoms with Crippen molar-refractivity contribution < 1.29 is 5.11 Å². The zero-order chi connectivity index (χ0) is 8.55. The quantitative estimate of drug-likeness (QED) is 0.671. The molecule has 1 aromatic rings. The predicted octanol–water partition coefficient (Wildman–Crippen LogP) is 2.23. The van der Waals surface area contributed by atoms with E-state index in [0.29, 0.717) is 0 Å². The number of benzene rings is 1. The predicted molar refractivity (Wildman–Crippen MR) is 49.1 cm³/mol. The second kappa shape index (κ2) is 2.91. The molecular weight excluding hydrogens is 148 g/mol. The normalized spacial score (nSPS) is 21.0. The van der Waals surface area contributed by atoms with Crippen LogP contribution in [0, 0.1) is 0 Å². The molecule has 2 rings (SSSR count). The Hall–Kier alpha value is -0.820. The van der Waals surface area contributed by atoms with E-state index >= 15 is 0 Å². The molecule has 0 amide bonds. The summed E-state index contributed by atoms with van der Waals surface area (Å²) in [6.07, 6.45) is 2.84. The third-order valence-electron chi connectivity index (χ3n) is 2.72. The highest BCUT2D eigenvalue weighted by atomic mass is 16.3. The number of aliphatic hydroxyl groups is 1. The van der Waals surface area contributed by atoms with Gasteiger partial charge in [0.1, 0.15) is 0 Å². The van der Waals surface area contributed by atoms with Crippen LogP contribution in [0.5, 0.6) is 0 Å². The van der Waals surface area contributed by atoms with E-state index in [2.05, 4.69) is 13.0 Å². The molecule has 0 bridgehead atoms. The zero-order valence-electron chi connectivity index (χ0n) is 7.38. The van der Waals surface area contributed by atoms with Crippen LogP contribution >= 0.6 is 0 Å². The van der Waals surface area contributed by atoms with Crippen molar-refractivity contribution in [3.05, 3.63) is 34.9 Å². The van der Waals surface area contributed by atoms with Crippen LogP contribution in [0.1, 0.15) is 36.1 Å². The number of fused-ring (bicyclic) bond motifs is 1. The minimum Gasteiger partial charge on any atom is -0.388 e. The van der Waals surface area contributed by atoms with Crippen molar-refractivity contribution in [3.8, 4) is 0 Å². The molecule has 0 spiro atoms. The molecule has 0 aromatic heterocycles. The third-order valence-corrected chi connectivity index (χ3v) is 2.72. The minimum absolute atomic E-state index is 0.202. The molecule has 1 aromatic carbocycles. The molecule has 0 radical (unpaired) electrons. The molecule has 1 atom stereocenters. The van der Waals surface area contributed by atoms with Crippen molar-refractivity contribution in [1.29, 1.82) is 0 Å². The summed E-state index contributed by atoms with van der Waals surface area (Å²) >= 11 is 0. The summed E-state index contributed by atoms with van der Waals surface area (Å²) in [6.45, 7) is 2.17. The van der Waals surface area contributed by atoms with Crippen molar-refractivity contribution >= 4 is 0 Å². The van der Waals surface area contributed by atoms with Gasteiger partial charge in [-0.3, -0.25) is 0 Å². The lowest BCUT2D eigenvalue weighted by Crippen LogP contribution is -1.92. The maximum atomic E-state index is 9.60. The van der Waals surface area contributed by atoms with Gasteiger partial charge in [0.2, 0.25) is 0 Å². The van der Waals surface area contributed by atoms with Crippen molar-refractivity contribution in [1.82, 2.24) is 0 Å². The maximum absolute atomic E-state index is 9.60. The molecule has 12 heavy (non-hydrogen) atoms. The van der Waals surface area contributed by atoms with Crippen molar-refractivity contribution in [2.75, 3.05) is 0 Å². The second-order valence-electron chi connectivity index (χ2n) is 3.39. The summed E-state index contributed by atoms with van der Waals surface area (Å²) in [6, 6.07) is 6.26. The highest BCUT2D eigenvalue weighted by Crippen LogP contribution is 2.32. The smallest absolute Gasteiger partial charge is 0.0796 e. The van der Waals surface area contributed by atoms with E-state index in [1.807, 2.05) is 12.1 Å². The minimum atomic E-state index is -0.202. The molecule has 0 aliphatic heterocycles. The summed E-state index contributed by atoms with van der Waals surface area (Å²) in [5.74, 6) is 0. The molecule has 0 saturated heterocycles. The van der Waals surface area contributed by atoms with E-state index in [0.717, 1.165) is 24.8 Å². The van der Waals surface area contributed by atoms with Crippen LogP contribution in [-0.4, -0.2) is 5.11 Å². The van der Waals surface area contributed by atoms with Gasteiger partial charge in [0.25, 0.3) is 0 Å². The van der Waals surface area contributed by atoms with Gasteiger partial charge in [0, 0.05) is 0 Å². The first kappa shape index (κ1) is 7.81. The molecule has 0 fully saturated rings. The molecular formula is C11H14O. The molecule has 0 unspecified atom stereocenters. The van der Waals surface area contributed by atoms with Gasteiger partial charge in [-0.05, 0) is 36.0 Å². The monoisotopic (exact) mass is 162 g/mol. The Labute approximate surface area is 73.0 Å². The van der Waals surface area contributed by atoms with Crippen LogP contribution in [0.25, 0.3) is 0 Å². The van der Waals surface area contributed by atoms with Gasteiger partial charge < -0.3 is 5.11 Å². The van der Waals surface area contributed by atoms with E-state index < -0.39 is 0 Å². The fourth-order valence-corrected chi connectivity index (χ4v) is 2.04. The van der Waals surface area contributed by atoms with Gasteiger partial charge in [-0.1, -0.05) is 25.1 Å². The topological polar surface area (TPSA) is 20.2 Å². The molecule has 1 aliphatic rings. The Bertz CT molecular complexity index is 291. The Morgan fingerprint density at radius 1 is 1.50 bits per heavy atom. The summed E-state index contributed by atoms with van der Waals surface area (Å²) in [5.41, 5.74) is 3.96. The Kier molecular flexibility index (Phi) is 1.89. The Morgan fingerprint density at radius 3 is 3.08 bits per heavy atom. The van der Waals surface area contributed by atoms with E-state index in [1.165, 1.54) is 11.1 Å². The molecule has 0 heterocycles. The van der Waals surface area contributed by atoms with Crippen LogP contribution in [0.2, 0.25) is 0 Å². The van der Waals surface area contributed by atoms with Crippen LogP contribution < -0.4 is 0 Å². The Morgan fingerprint density at radius 2 is 2.33 bits per heavy atom. The number of aryl methyl sites for hydroxylation is 1. The van der Waals surface area contributed by atoms with E-state index in [1.54, 1.807) is 0 Å². The highest BCUT2D eigenvalue weighted by molar-refractivity contribution is 5.39. The molecule has 1 nitrogen and oxygen atoms in total. The molecule has 64 valence electrons. The Balaban J connectivity index is 2.50. The number of aliphatic hydroxyl groups excluding tert-OH is 1. The van der Waals surface area contributed by atoms with Gasteiger partial charge in [-0.25, -0.2) is 0 Å². The molecule has 1 aliphatic carbocycles. The lowest BCUT2D eigenvalue weighted by atomic mass is 10.0. The largest absolute Gasteiger partial charge is 0.388 e. The lowest BCUT2D eigenvalue weighted by molar-refractivity contribution is 0.180. The first-order valence-corrected chi connectivity index (χ1v) is 4.61. The van der Waals surface area contributed by atoms with Gasteiger partial charge in [0.15, 0.2) is 0 Å². The van der Waals surface area contributed by atoms with Gasteiger partial charge in [0.05, 0.1) is 6.10 Å². The van der Waals surface area contributed by atoms with Gasteiger partial charge in [-0.2, -0.15) is 0 Å². The van der Waals surface area contributed by atoms with Crippen LogP contribution in [0.3, 0.4) is 0 Å². The van der Waals surface area contributed by atoms with E-state index in [-0.39, 0.29) is 6.10 Å². The average Bonchev–Trinajstić information content (AvgIpc) is 2.48. The third kappa shape index (κ3) is 1.05. The summed E-state index contributed by atoms with van der Waals surface area (Å²) in [5, 5.41) is 9.60. The molecule has 1 N–H and O–H groups in total. The number of rotatable bonds is 1. The van der Waals surface area contributed by atoms with Crippen LogP contribution in [0.4, 0.5) is 0 Å². The summed E-state index contributed by atoms with van der Waals surface area (Å²) in [7, 11) is 0. The first-order valence-electron chi connectivity index (χ1n) is 4.61. The van der Waals surface area contributed by atoms with Crippen molar-refractivity contribution in [2.24, 2.45) is 0 Å². The standard InChI is InChI=1S/C11H14O/c1-2-8-4-3-5-10-9(8)6-7-11(10)12/h3-5,11-12H,2,6-7H2,1H3/t11-/m0/s1. The zero-order valence-corrected chi connectivity index (χ0v) is 7.38.